The Morgan fingerprint density at radius 1 is 1.18 bits per heavy atom. The number of aliphatic hydroxyl groups excluding tert-OH is 2. The number of carboxylic acids is 2. The number of hydrogen-bond donors (Lipinski definition) is 5. The van der Waals surface area contributed by atoms with Gasteiger partial charge in [0.25, 0.3) is 5.60 Å². The van der Waals surface area contributed by atoms with E-state index in [0.29, 0.717) is 0 Å². The molecule has 3 aromatic heterocycles. The number of rotatable bonds is 8. The van der Waals surface area contributed by atoms with Gasteiger partial charge in [-0.1, -0.05) is 6.07 Å². The quantitative estimate of drug-likeness (QED) is 0.192. The predicted octanol–water partition coefficient (Wildman–Crippen LogP) is -0.757. The van der Waals surface area contributed by atoms with E-state index < -0.39 is 55.1 Å². The second kappa shape index (κ2) is 9.08. The zero-order valence-electron chi connectivity index (χ0n) is 17.2. The highest BCUT2D eigenvalue weighted by atomic mass is 35.5. The number of nitrogen functional groups attached to an aromatic ring is 1. The molecule has 0 aliphatic carbocycles. The molecule has 0 bridgehead atoms. The van der Waals surface area contributed by atoms with Crippen molar-refractivity contribution >= 4 is 40.5 Å². The van der Waals surface area contributed by atoms with Gasteiger partial charge in [0.05, 0.1) is 12.9 Å². The van der Waals surface area contributed by atoms with Gasteiger partial charge in [-0.05, 0) is 23.7 Å². The van der Waals surface area contributed by atoms with E-state index in [1.165, 1.54) is 23.2 Å². The van der Waals surface area contributed by atoms with Crippen LogP contribution in [0.5, 0.6) is 0 Å². The number of aromatic nitrogens is 5. The first-order chi connectivity index (χ1) is 16.1. The Morgan fingerprint density at radius 3 is 2.56 bits per heavy atom. The minimum atomic E-state index is -2.71. The summed E-state index contributed by atoms with van der Waals surface area (Å²) in [4.78, 5) is 39.7. The smallest absolute Gasteiger partial charge is 0.348 e. The molecule has 4 heterocycles. The van der Waals surface area contributed by atoms with Gasteiger partial charge >= 0.3 is 11.9 Å². The standard InChI is InChI=1S/C19H19ClN6O8/c20-18-24-13(21)10-14(25-18)26(7-23-10)15-12(28)11(27)9(34-15)6-33-19(16(29)30,17(31)32)5-8-3-1-2-4-22-8/h1-4,7,9,11-12,15,27-28H,5-6H2,(H,29,30)(H,31,32)(H2,21,24,25)/t9-,11-,12-,15-/m1/s1. The van der Waals surface area contributed by atoms with Crippen LogP contribution in [0.3, 0.4) is 0 Å². The lowest BCUT2D eigenvalue weighted by Crippen LogP contribution is -2.53. The van der Waals surface area contributed by atoms with E-state index in [1.807, 2.05) is 0 Å². The lowest BCUT2D eigenvalue weighted by molar-refractivity contribution is -0.190. The van der Waals surface area contributed by atoms with Crippen molar-refractivity contribution in [1.82, 2.24) is 24.5 Å². The number of nitrogens with two attached hydrogens (primary N) is 1. The first kappa shape index (κ1) is 23.7. The van der Waals surface area contributed by atoms with E-state index in [9.17, 15) is 30.0 Å². The van der Waals surface area contributed by atoms with E-state index in [1.54, 1.807) is 12.1 Å². The Hall–Kier alpha value is -3.43. The van der Waals surface area contributed by atoms with Crippen molar-refractivity contribution in [2.24, 2.45) is 0 Å². The molecular formula is C19H19ClN6O8. The fraction of sp³-hybridized carbons (Fsp3) is 0.368. The van der Waals surface area contributed by atoms with Crippen LogP contribution in [0.2, 0.25) is 5.28 Å². The highest BCUT2D eigenvalue weighted by Crippen LogP contribution is 2.33. The fourth-order valence-electron chi connectivity index (χ4n) is 3.59. The molecule has 14 nitrogen and oxygen atoms in total. The molecule has 4 rings (SSSR count). The largest absolute Gasteiger partial charge is 0.479 e. The number of ether oxygens (including phenoxy) is 2. The van der Waals surface area contributed by atoms with E-state index in [0.717, 1.165) is 0 Å². The first-order valence-corrected chi connectivity index (χ1v) is 10.2. The summed E-state index contributed by atoms with van der Waals surface area (Å²) in [5, 5.41) is 40.2. The molecule has 180 valence electrons. The Balaban J connectivity index is 1.57. The average molecular weight is 495 g/mol. The third kappa shape index (κ3) is 4.12. The molecule has 1 saturated heterocycles. The van der Waals surface area contributed by atoms with Gasteiger partial charge in [0.15, 0.2) is 17.7 Å². The summed E-state index contributed by atoms with van der Waals surface area (Å²) in [6.45, 7) is -0.676. The highest BCUT2D eigenvalue weighted by Gasteiger charge is 2.51. The summed E-state index contributed by atoms with van der Waals surface area (Å²) < 4.78 is 12.3. The van der Waals surface area contributed by atoms with Gasteiger partial charge in [0, 0.05) is 18.3 Å². The zero-order chi connectivity index (χ0) is 24.6. The Labute approximate surface area is 195 Å². The number of halogens is 1. The number of carboxylic acid groups (broad SMARTS) is 2. The van der Waals surface area contributed by atoms with E-state index in [2.05, 4.69) is 19.9 Å². The van der Waals surface area contributed by atoms with Crippen molar-refractivity contribution in [2.75, 3.05) is 12.3 Å². The maximum atomic E-state index is 11.9. The van der Waals surface area contributed by atoms with E-state index in [-0.39, 0.29) is 28.0 Å². The average Bonchev–Trinajstić information content (AvgIpc) is 3.33. The third-order valence-corrected chi connectivity index (χ3v) is 5.54. The number of carbonyl (C=O) groups is 2. The van der Waals surface area contributed by atoms with Crippen molar-refractivity contribution in [1.29, 1.82) is 0 Å². The second-order valence-corrected chi connectivity index (χ2v) is 7.83. The van der Waals surface area contributed by atoms with Crippen molar-refractivity contribution in [3.63, 3.8) is 0 Å². The topological polar surface area (TPSA) is 216 Å². The predicted molar refractivity (Wildman–Crippen MR) is 113 cm³/mol. The first-order valence-electron chi connectivity index (χ1n) is 9.82. The summed E-state index contributed by atoms with van der Waals surface area (Å²) in [6, 6.07) is 4.61. The van der Waals surface area contributed by atoms with Crippen molar-refractivity contribution < 1.29 is 39.5 Å². The van der Waals surface area contributed by atoms with Gasteiger partial charge in [0.1, 0.15) is 23.8 Å². The number of fused-ring (bicyclic) bond motifs is 1. The van der Waals surface area contributed by atoms with Gasteiger partial charge < -0.3 is 35.6 Å². The van der Waals surface area contributed by atoms with Crippen LogP contribution in [0.15, 0.2) is 30.7 Å². The molecule has 4 atom stereocenters. The van der Waals surface area contributed by atoms with Crippen LogP contribution in [0.1, 0.15) is 11.9 Å². The summed E-state index contributed by atoms with van der Waals surface area (Å²) in [7, 11) is 0. The third-order valence-electron chi connectivity index (χ3n) is 5.37. The van der Waals surface area contributed by atoms with Gasteiger partial charge in [-0.15, -0.1) is 0 Å². The molecule has 1 fully saturated rings. The summed E-state index contributed by atoms with van der Waals surface area (Å²) in [5.41, 5.74) is 3.53. The molecule has 0 unspecified atom stereocenters. The van der Waals surface area contributed by atoms with Gasteiger partial charge in [-0.2, -0.15) is 9.97 Å². The van der Waals surface area contributed by atoms with E-state index in [4.69, 9.17) is 26.8 Å². The van der Waals surface area contributed by atoms with Gasteiger partial charge in [0.2, 0.25) is 5.28 Å². The number of aliphatic carboxylic acids is 2. The van der Waals surface area contributed by atoms with Crippen LogP contribution >= 0.6 is 11.6 Å². The molecule has 0 spiro atoms. The summed E-state index contributed by atoms with van der Waals surface area (Å²) >= 11 is 5.85. The monoisotopic (exact) mass is 494 g/mol. The van der Waals surface area contributed by atoms with Crippen LogP contribution in [0, 0.1) is 0 Å². The van der Waals surface area contributed by atoms with Crippen LogP contribution in [0.4, 0.5) is 5.82 Å². The van der Waals surface area contributed by atoms with Crippen LogP contribution in [-0.2, 0) is 25.5 Å². The molecular weight excluding hydrogens is 476 g/mol. The van der Waals surface area contributed by atoms with Crippen LogP contribution in [-0.4, -0.2) is 87.4 Å². The number of hydrogen-bond acceptors (Lipinski definition) is 11. The van der Waals surface area contributed by atoms with Gasteiger partial charge in [-0.3, -0.25) is 9.55 Å². The molecule has 1 aliphatic heterocycles. The Bertz CT molecular complexity index is 1210. The van der Waals surface area contributed by atoms with Crippen molar-refractivity contribution in [3.05, 3.63) is 41.7 Å². The molecule has 1 aliphatic rings. The lowest BCUT2D eigenvalue weighted by atomic mass is 9.97. The second-order valence-electron chi connectivity index (χ2n) is 7.49. The highest BCUT2D eigenvalue weighted by molar-refractivity contribution is 6.28. The molecule has 6 N–H and O–H groups in total. The minimum Gasteiger partial charge on any atom is -0.479 e. The summed E-state index contributed by atoms with van der Waals surface area (Å²) in [5.74, 6) is -3.54. The molecule has 3 aromatic rings. The minimum absolute atomic E-state index is 0.0103. The molecule has 34 heavy (non-hydrogen) atoms. The molecule has 15 heteroatoms. The number of anilines is 1. The Morgan fingerprint density at radius 2 is 1.91 bits per heavy atom. The number of pyridine rings is 1. The fourth-order valence-corrected chi connectivity index (χ4v) is 3.76. The van der Waals surface area contributed by atoms with Gasteiger partial charge in [-0.25, -0.2) is 14.6 Å². The number of nitrogens with zero attached hydrogens (tertiary/aromatic N) is 5. The van der Waals surface area contributed by atoms with E-state index >= 15 is 0 Å². The SMILES string of the molecule is Nc1nc(Cl)nc2c1ncn2[C@@H]1O[C@H](COC(Cc2ccccn2)(C(=O)O)C(=O)O)[C@@H](O)[C@H]1O. The molecule has 0 saturated carbocycles. The summed E-state index contributed by atoms with van der Waals surface area (Å²) in [6.07, 6.45) is -3.59. The van der Waals surface area contributed by atoms with Crippen molar-refractivity contribution in [2.45, 2.75) is 36.6 Å². The Kier molecular flexibility index (Phi) is 6.33. The normalized spacial score (nSPS) is 22.8. The molecule has 0 aromatic carbocycles. The maximum absolute atomic E-state index is 11.9. The zero-order valence-corrected chi connectivity index (χ0v) is 18.0. The lowest BCUT2D eigenvalue weighted by Gasteiger charge is -2.27. The maximum Gasteiger partial charge on any atom is 0.348 e. The molecule has 0 radical (unpaired) electrons. The molecule has 0 amide bonds. The van der Waals surface area contributed by atoms with Crippen LogP contribution in [0.25, 0.3) is 11.2 Å². The van der Waals surface area contributed by atoms with Crippen LogP contribution < -0.4 is 5.73 Å². The van der Waals surface area contributed by atoms with Crippen molar-refractivity contribution in [3.8, 4) is 0 Å². The number of aliphatic hydroxyl groups is 2. The number of imidazole rings is 1.